The molecular formula is C14H10FN3O5. The summed E-state index contributed by atoms with van der Waals surface area (Å²) in [6.45, 7) is -0.643. The first-order valence-corrected chi connectivity index (χ1v) is 6.28. The van der Waals surface area contributed by atoms with Crippen molar-refractivity contribution in [3.63, 3.8) is 0 Å². The van der Waals surface area contributed by atoms with E-state index < -0.39 is 34.9 Å². The second-order valence-electron chi connectivity index (χ2n) is 4.28. The summed E-state index contributed by atoms with van der Waals surface area (Å²) in [6.07, 6.45) is 2.77. The Morgan fingerprint density at radius 1 is 1.26 bits per heavy atom. The molecule has 0 radical (unpaired) electrons. The number of rotatable bonds is 5. The van der Waals surface area contributed by atoms with E-state index in [0.29, 0.717) is 6.07 Å². The van der Waals surface area contributed by atoms with Gasteiger partial charge in [0, 0.05) is 12.4 Å². The highest BCUT2D eigenvalue weighted by molar-refractivity contribution is 5.96. The fraction of sp³-hybridized carbons (Fsp3) is 0.0714. The first-order valence-electron chi connectivity index (χ1n) is 6.28. The van der Waals surface area contributed by atoms with E-state index in [9.17, 15) is 24.1 Å². The van der Waals surface area contributed by atoms with Gasteiger partial charge in [-0.25, -0.2) is 9.18 Å². The predicted octanol–water partition coefficient (Wildman–Crippen LogP) is 1.92. The van der Waals surface area contributed by atoms with Crippen molar-refractivity contribution in [1.82, 2.24) is 4.98 Å². The van der Waals surface area contributed by atoms with Gasteiger partial charge in [-0.15, -0.1) is 0 Å². The Kier molecular flexibility index (Phi) is 4.92. The second-order valence-corrected chi connectivity index (χ2v) is 4.28. The SMILES string of the molecule is O=C(COC(=O)c1ccncc1)Nc1ccc(F)cc1[N+](=O)[O-]. The van der Waals surface area contributed by atoms with Crippen LogP contribution in [0.2, 0.25) is 0 Å². The standard InChI is InChI=1S/C14H10FN3O5/c15-10-1-2-11(12(7-10)18(21)22)17-13(19)8-23-14(20)9-3-5-16-6-4-9/h1-7H,8H2,(H,17,19). The van der Waals surface area contributed by atoms with Crippen molar-refractivity contribution in [3.05, 3.63) is 64.2 Å². The van der Waals surface area contributed by atoms with Crippen molar-refractivity contribution in [2.75, 3.05) is 11.9 Å². The molecule has 1 heterocycles. The van der Waals surface area contributed by atoms with Crippen LogP contribution in [0.1, 0.15) is 10.4 Å². The molecule has 0 aliphatic rings. The van der Waals surface area contributed by atoms with Crippen LogP contribution in [-0.4, -0.2) is 28.4 Å². The third kappa shape index (κ3) is 4.30. The van der Waals surface area contributed by atoms with Gasteiger partial charge in [-0.1, -0.05) is 0 Å². The number of esters is 1. The van der Waals surface area contributed by atoms with Crippen LogP contribution in [0.3, 0.4) is 0 Å². The summed E-state index contributed by atoms with van der Waals surface area (Å²) in [5.41, 5.74) is -0.583. The Bertz CT molecular complexity index is 751. The number of hydrogen-bond donors (Lipinski definition) is 1. The molecule has 0 atom stereocenters. The number of hydrogen-bond acceptors (Lipinski definition) is 6. The van der Waals surface area contributed by atoms with E-state index in [-0.39, 0.29) is 11.3 Å². The van der Waals surface area contributed by atoms with Gasteiger partial charge >= 0.3 is 5.97 Å². The van der Waals surface area contributed by atoms with Crippen LogP contribution in [0.25, 0.3) is 0 Å². The summed E-state index contributed by atoms with van der Waals surface area (Å²) in [7, 11) is 0. The number of ether oxygens (including phenoxy) is 1. The number of carbonyl (C=O) groups is 2. The number of nitro benzene ring substituents is 1. The van der Waals surface area contributed by atoms with Crippen molar-refractivity contribution in [2.45, 2.75) is 0 Å². The summed E-state index contributed by atoms with van der Waals surface area (Å²) in [6, 6.07) is 5.51. The van der Waals surface area contributed by atoms with Crippen molar-refractivity contribution < 1.29 is 23.6 Å². The molecule has 1 aromatic carbocycles. The van der Waals surface area contributed by atoms with Crippen molar-refractivity contribution in [1.29, 1.82) is 0 Å². The molecule has 118 valence electrons. The Balaban J connectivity index is 1.98. The van der Waals surface area contributed by atoms with Crippen LogP contribution in [0.5, 0.6) is 0 Å². The summed E-state index contributed by atoms with van der Waals surface area (Å²) in [5, 5.41) is 13.0. The lowest BCUT2D eigenvalue weighted by Crippen LogP contribution is -2.21. The highest BCUT2D eigenvalue weighted by Gasteiger charge is 2.18. The first-order chi connectivity index (χ1) is 11.0. The van der Waals surface area contributed by atoms with E-state index in [1.165, 1.54) is 24.5 Å². The topological polar surface area (TPSA) is 111 Å². The molecule has 1 N–H and O–H groups in total. The minimum atomic E-state index is -0.832. The van der Waals surface area contributed by atoms with Gasteiger partial charge in [-0.3, -0.25) is 19.9 Å². The van der Waals surface area contributed by atoms with Gasteiger partial charge in [-0.05, 0) is 24.3 Å². The van der Waals surface area contributed by atoms with Gasteiger partial charge in [0.1, 0.15) is 11.5 Å². The van der Waals surface area contributed by atoms with Crippen LogP contribution in [0.15, 0.2) is 42.7 Å². The zero-order chi connectivity index (χ0) is 16.8. The third-order valence-corrected chi connectivity index (χ3v) is 2.68. The van der Waals surface area contributed by atoms with Crippen LogP contribution >= 0.6 is 0 Å². The first kappa shape index (κ1) is 16.0. The lowest BCUT2D eigenvalue weighted by Gasteiger charge is -2.07. The molecule has 0 saturated heterocycles. The Morgan fingerprint density at radius 2 is 1.96 bits per heavy atom. The number of nitrogens with zero attached hydrogens (tertiary/aromatic N) is 2. The number of anilines is 1. The minimum Gasteiger partial charge on any atom is -0.452 e. The molecule has 8 nitrogen and oxygen atoms in total. The minimum absolute atomic E-state index is 0.193. The quantitative estimate of drug-likeness (QED) is 0.512. The van der Waals surface area contributed by atoms with Gasteiger partial charge < -0.3 is 10.1 Å². The molecular weight excluding hydrogens is 309 g/mol. The Morgan fingerprint density at radius 3 is 2.61 bits per heavy atom. The zero-order valence-corrected chi connectivity index (χ0v) is 11.6. The van der Waals surface area contributed by atoms with Crippen LogP contribution in [0.4, 0.5) is 15.8 Å². The van der Waals surface area contributed by atoms with Gasteiger partial charge in [-0.2, -0.15) is 0 Å². The highest BCUT2D eigenvalue weighted by atomic mass is 19.1. The fourth-order valence-electron chi connectivity index (χ4n) is 1.65. The van der Waals surface area contributed by atoms with E-state index in [1.54, 1.807) is 0 Å². The number of benzene rings is 1. The summed E-state index contributed by atoms with van der Waals surface area (Å²) < 4.78 is 17.8. The lowest BCUT2D eigenvalue weighted by atomic mass is 10.2. The zero-order valence-electron chi connectivity index (χ0n) is 11.6. The van der Waals surface area contributed by atoms with E-state index >= 15 is 0 Å². The Hall–Kier alpha value is -3.36. The van der Waals surface area contributed by atoms with Gasteiger partial charge in [0.25, 0.3) is 11.6 Å². The van der Waals surface area contributed by atoms with E-state index in [0.717, 1.165) is 12.1 Å². The molecule has 0 unspecified atom stereocenters. The molecule has 2 aromatic rings. The molecule has 9 heteroatoms. The molecule has 1 aromatic heterocycles. The maximum Gasteiger partial charge on any atom is 0.338 e. The lowest BCUT2D eigenvalue weighted by molar-refractivity contribution is -0.384. The van der Waals surface area contributed by atoms with Gasteiger partial charge in [0.2, 0.25) is 0 Å². The van der Waals surface area contributed by atoms with Crippen molar-refractivity contribution in [2.24, 2.45) is 0 Å². The monoisotopic (exact) mass is 319 g/mol. The summed E-state index contributed by atoms with van der Waals surface area (Å²) >= 11 is 0. The van der Waals surface area contributed by atoms with Crippen LogP contribution < -0.4 is 5.32 Å². The van der Waals surface area contributed by atoms with Crippen molar-refractivity contribution >= 4 is 23.3 Å². The molecule has 0 aliphatic heterocycles. The molecule has 0 bridgehead atoms. The molecule has 0 spiro atoms. The number of amides is 1. The fourth-order valence-corrected chi connectivity index (χ4v) is 1.65. The number of halogens is 1. The number of carbonyl (C=O) groups excluding carboxylic acids is 2. The molecule has 2 rings (SSSR count). The predicted molar refractivity (Wildman–Crippen MR) is 76.2 cm³/mol. The maximum atomic E-state index is 13.0. The molecule has 0 fully saturated rings. The average molecular weight is 319 g/mol. The molecule has 23 heavy (non-hydrogen) atoms. The highest BCUT2D eigenvalue weighted by Crippen LogP contribution is 2.24. The largest absolute Gasteiger partial charge is 0.452 e. The maximum absolute atomic E-state index is 13.0. The van der Waals surface area contributed by atoms with Crippen LogP contribution in [0, 0.1) is 15.9 Å². The van der Waals surface area contributed by atoms with Crippen LogP contribution in [-0.2, 0) is 9.53 Å². The smallest absolute Gasteiger partial charge is 0.338 e. The average Bonchev–Trinajstić information content (AvgIpc) is 2.55. The summed E-state index contributed by atoms with van der Waals surface area (Å²) in [5.74, 6) is -2.34. The van der Waals surface area contributed by atoms with Gasteiger partial charge in [0.05, 0.1) is 16.6 Å². The van der Waals surface area contributed by atoms with Gasteiger partial charge in [0.15, 0.2) is 6.61 Å². The molecule has 0 saturated carbocycles. The van der Waals surface area contributed by atoms with E-state index in [4.69, 9.17) is 4.74 Å². The number of aromatic nitrogens is 1. The van der Waals surface area contributed by atoms with Crippen molar-refractivity contribution in [3.8, 4) is 0 Å². The Labute approximate surface area is 129 Å². The third-order valence-electron chi connectivity index (χ3n) is 2.68. The van der Waals surface area contributed by atoms with E-state index in [1.807, 2.05) is 0 Å². The number of nitrogens with one attached hydrogen (secondary N) is 1. The second kappa shape index (κ2) is 7.07. The normalized spacial score (nSPS) is 9.96. The molecule has 1 amide bonds. The number of pyridine rings is 1. The number of nitro groups is 1. The van der Waals surface area contributed by atoms with E-state index in [2.05, 4.69) is 10.3 Å². The molecule has 0 aliphatic carbocycles. The summed E-state index contributed by atoms with van der Waals surface area (Å²) in [4.78, 5) is 37.0.